The number of rotatable bonds is 5. The number of amides is 1. The zero-order valence-electron chi connectivity index (χ0n) is 12.6. The number of thioether (sulfide) groups is 1. The minimum Gasteiger partial charge on any atom is -0.505 e. The van der Waals surface area contributed by atoms with Crippen molar-refractivity contribution in [2.45, 2.75) is 30.2 Å². The molecule has 1 heterocycles. The summed E-state index contributed by atoms with van der Waals surface area (Å²) in [6, 6.07) is 2.74. The van der Waals surface area contributed by atoms with Crippen molar-refractivity contribution in [3.8, 4) is 5.75 Å². The Morgan fingerprint density at radius 2 is 2.04 bits per heavy atom. The van der Waals surface area contributed by atoms with Gasteiger partial charge in [0.2, 0.25) is 5.91 Å². The van der Waals surface area contributed by atoms with Crippen LogP contribution in [0.5, 0.6) is 5.75 Å². The van der Waals surface area contributed by atoms with E-state index >= 15 is 0 Å². The summed E-state index contributed by atoms with van der Waals surface area (Å²) >= 11 is 13.1. The molecule has 1 aliphatic rings. The van der Waals surface area contributed by atoms with E-state index < -0.39 is 6.04 Å². The zero-order chi connectivity index (χ0) is 17.0. The molecule has 5 nitrogen and oxygen atoms in total. The van der Waals surface area contributed by atoms with Crippen molar-refractivity contribution in [3.63, 3.8) is 0 Å². The minimum absolute atomic E-state index is 0.0682. The lowest BCUT2D eigenvalue weighted by molar-refractivity contribution is -0.150. The predicted molar refractivity (Wildman–Crippen MR) is 90.2 cm³/mol. The number of phenolic OH excluding ortho intramolecular Hbond substituents is 1. The first-order valence-corrected chi connectivity index (χ1v) is 8.86. The van der Waals surface area contributed by atoms with Gasteiger partial charge in [-0.15, -0.1) is 11.8 Å². The summed E-state index contributed by atoms with van der Waals surface area (Å²) in [5, 5.41) is 9.87. The number of aromatic hydroxyl groups is 1. The summed E-state index contributed by atoms with van der Waals surface area (Å²) in [7, 11) is 1.33. The summed E-state index contributed by atoms with van der Waals surface area (Å²) in [4.78, 5) is 26.3. The Morgan fingerprint density at radius 1 is 1.39 bits per heavy atom. The Kier molecular flexibility index (Phi) is 6.44. The van der Waals surface area contributed by atoms with Crippen LogP contribution in [0, 0.1) is 0 Å². The SMILES string of the molecule is COC(=O)[C@@H]1CCCN1C(=O)CCSc1cc(Cl)c(O)c(Cl)c1. The lowest BCUT2D eigenvalue weighted by Gasteiger charge is -2.22. The molecule has 1 aliphatic heterocycles. The quantitative estimate of drug-likeness (QED) is 0.629. The van der Waals surface area contributed by atoms with Crippen LogP contribution in [0.2, 0.25) is 10.0 Å². The Labute approximate surface area is 148 Å². The molecule has 23 heavy (non-hydrogen) atoms. The first-order valence-electron chi connectivity index (χ1n) is 7.12. The van der Waals surface area contributed by atoms with Crippen LogP contribution >= 0.6 is 35.0 Å². The molecule has 0 bridgehead atoms. The molecule has 1 fully saturated rings. The fourth-order valence-corrected chi connectivity index (χ4v) is 4.00. The summed E-state index contributed by atoms with van der Waals surface area (Å²) in [6.45, 7) is 0.583. The second-order valence-corrected chi connectivity index (χ2v) is 7.09. The average molecular weight is 378 g/mol. The minimum atomic E-state index is -0.463. The topological polar surface area (TPSA) is 66.8 Å². The second-order valence-electron chi connectivity index (χ2n) is 5.10. The van der Waals surface area contributed by atoms with E-state index in [0.717, 1.165) is 11.3 Å². The Hall–Kier alpha value is -1.11. The molecule has 0 spiro atoms. The predicted octanol–water partition coefficient (Wildman–Crippen LogP) is 3.35. The van der Waals surface area contributed by atoms with E-state index in [2.05, 4.69) is 0 Å². The van der Waals surface area contributed by atoms with E-state index in [1.54, 1.807) is 17.0 Å². The molecule has 8 heteroatoms. The van der Waals surface area contributed by atoms with Gasteiger partial charge in [0.25, 0.3) is 0 Å². The maximum absolute atomic E-state index is 12.3. The molecule has 1 aromatic rings. The van der Waals surface area contributed by atoms with Crippen LogP contribution in [0.15, 0.2) is 17.0 Å². The highest BCUT2D eigenvalue weighted by Crippen LogP contribution is 2.36. The largest absolute Gasteiger partial charge is 0.505 e. The van der Waals surface area contributed by atoms with E-state index in [-0.39, 0.29) is 27.7 Å². The van der Waals surface area contributed by atoms with E-state index in [4.69, 9.17) is 27.9 Å². The second kappa shape index (κ2) is 8.13. The van der Waals surface area contributed by atoms with E-state index in [9.17, 15) is 14.7 Å². The molecule has 0 aromatic heterocycles. The number of hydrogen-bond donors (Lipinski definition) is 1. The first-order chi connectivity index (χ1) is 10.9. The molecule has 1 saturated heterocycles. The van der Waals surface area contributed by atoms with Crippen molar-refractivity contribution >= 4 is 46.8 Å². The van der Waals surface area contributed by atoms with Crippen LogP contribution in [0.4, 0.5) is 0 Å². The number of carbonyl (C=O) groups is 2. The maximum atomic E-state index is 12.3. The number of ether oxygens (including phenoxy) is 1. The van der Waals surface area contributed by atoms with Gasteiger partial charge in [0, 0.05) is 23.6 Å². The number of halogens is 2. The number of esters is 1. The van der Waals surface area contributed by atoms with Gasteiger partial charge in [-0.05, 0) is 25.0 Å². The normalized spacial score (nSPS) is 17.3. The Morgan fingerprint density at radius 3 is 2.65 bits per heavy atom. The fourth-order valence-electron chi connectivity index (χ4n) is 2.47. The van der Waals surface area contributed by atoms with Gasteiger partial charge in [-0.3, -0.25) is 4.79 Å². The number of likely N-dealkylation sites (tertiary alicyclic amines) is 1. The van der Waals surface area contributed by atoms with Crippen LogP contribution in [0.1, 0.15) is 19.3 Å². The molecule has 0 radical (unpaired) electrons. The van der Waals surface area contributed by atoms with Gasteiger partial charge >= 0.3 is 5.97 Å². The molecule has 0 unspecified atom stereocenters. The zero-order valence-corrected chi connectivity index (χ0v) is 14.9. The molecule has 1 aromatic carbocycles. The number of hydrogen-bond acceptors (Lipinski definition) is 5. The van der Waals surface area contributed by atoms with E-state index in [0.29, 0.717) is 25.1 Å². The standard InChI is InChI=1S/C15H17Cl2NO4S/c1-22-15(21)12-3-2-5-18(12)13(19)4-6-23-9-7-10(16)14(20)11(17)8-9/h7-8,12,20H,2-6H2,1H3/t12-/m0/s1. The highest BCUT2D eigenvalue weighted by atomic mass is 35.5. The van der Waals surface area contributed by atoms with Crippen molar-refractivity contribution < 1.29 is 19.4 Å². The molecule has 0 aliphatic carbocycles. The third kappa shape index (κ3) is 4.46. The lowest BCUT2D eigenvalue weighted by Crippen LogP contribution is -2.41. The third-order valence-electron chi connectivity index (χ3n) is 3.62. The monoisotopic (exact) mass is 377 g/mol. The average Bonchev–Trinajstić information content (AvgIpc) is 3.01. The van der Waals surface area contributed by atoms with Gasteiger partial charge < -0.3 is 14.7 Å². The lowest BCUT2D eigenvalue weighted by atomic mass is 10.2. The number of phenols is 1. The van der Waals surface area contributed by atoms with Gasteiger partial charge in [0.1, 0.15) is 6.04 Å². The molecule has 2 rings (SSSR count). The van der Waals surface area contributed by atoms with Crippen molar-refractivity contribution in [2.75, 3.05) is 19.4 Å². The van der Waals surface area contributed by atoms with Crippen molar-refractivity contribution in [1.29, 1.82) is 0 Å². The van der Waals surface area contributed by atoms with Crippen LogP contribution in [-0.4, -0.2) is 47.3 Å². The molecule has 1 atom stereocenters. The summed E-state index contributed by atoms with van der Waals surface area (Å²) in [5.41, 5.74) is 0. The van der Waals surface area contributed by atoms with Gasteiger partial charge in [0.05, 0.1) is 17.2 Å². The summed E-state index contributed by atoms with van der Waals surface area (Å²) in [5.74, 6) is -0.0468. The number of methoxy groups -OCH3 is 1. The molecule has 0 saturated carbocycles. The third-order valence-corrected chi connectivity index (χ3v) is 5.17. The van der Waals surface area contributed by atoms with E-state index in [1.807, 2.05) is 0 Å². The first kappa shape index (κ1) is 18.2. The van der Waals surface area contributed by atoms with Crippen LogP contribution in [0.3, 0.4) is 0 Å². The van der Waals surface area contributed by atoms with Gasteiger partial charge in [0.15, 0.2) is 5.75 Å². The van der Waals surface area contributed by atoms with Crippen molar-refractivity contribution in [3.05, 3.63) is 22.2 Å². The highest BCUT2D eigenvalue weighted by Gasteiger charge is 2.34. The molecular formula is C15H17Cl2NO4S. The number of nitrogens with zero attached hydrogens (tertiary/aromatic N) is 1. The van der Waals surface area contributed by atoms with Gasteiger partial charge in [-0.2, -0.15) is 0 Å². The van der Waals surface area contributed by atoms with Gasteiger partial charge in [-0.1, -0.05) is 23.2 Å². The Balaban J connectivity index is 1.89. The molecule has 126 valence electrons. The van der Waals surface area contributed by atoms with Crippen LogP contribution in [0.25, 0.3) is 0 Å². The molecular weight excluding hydrogens is 361 g/mol. The summed E-state index contributed by atoms with van der Waals surface area (Å²) < 4.78 is 4.73. The van der Waals surface area contributed by atoms with Gasteiger partial charge in [-0.25, -0.2) is 4.79 Å². The van der Waals surface area contributed by atoms with E-state index in [1.165, 1.54) is 18.9 Å². The van der Waals surface area contributed by atoms with Crippen molar-refractivity contribution in [2.24, 2.45) is 0 Å². The number of carbonyl (C=O) groups excluding carboxylic acids is 2. The molecule has 1 N–H and O–H groups in total. The van der Waals surface area contributed by atoms with Crippen molar-refractivity contribution in [1.82, 2.24) is 4.90 Å². The van der Waals surface area contributed by atoms with Crippen LogP contribution in [-0.2, 0) is 14.3 Å². The summed E-state index contributed by atoms with van der Waals surface area (Å²) in [6.07, 6.45) is 1.75. The molecule has 1 amide bonds. The number of benzene rings is 1. The van der Waals surface area contributed by atoms with Crippen LogP contribution < -0.4 is 0 Å². The Bertz CT molecular complexity index is 588. The fraction of sp³-hybridized carbons (Fsp3) is 0.467. The maximum Gasteiger partial charge on any atom is 0.328 e. The highest BCUT2D eigenvalue weighted by molar-refractivity contribution is 7.99. The smallest absolute Gasteiger partial charge is 0.328 e.